The molecule has 3 aromatic carbocycles. The summed E-state index contributed by atoms with van der Waals surface area (Å²) in [7, 11) is 1.57. The first kappa shape index (κ1) is 23.6. The molecule has 0 radical (unpaired) electrons. The van der Waals surface area contributed by atoms with Crippen LogP contribution in [0.3, 0.4) is 0 Å². The molecule has 1 aliphatic heterocycles. The van der Waals surface area contributed by atoms with Crippen molar-refractivity contribution in [1.82, 2.24) is 4.90 Å². The third kappa shape index (κ3) is 5.88. The van der Waals surface area contributed by atoms with E-state index in [1.165, 1.54) is 4.90 Å². The highest BCUT2D eigenvalue weighted by molar-refractivity contribution is 9.10. The summed E-state index contributed by atoms with van der Waals surface area (Å²) in [6.07, 6.45) is 1.70. The number of imide groups is 1. The van der Waals surface area contributed by atoms with Crippen LogP contribution in [0.2, 0.25) is 0 Å². The van der Waals surface area contributed by atoms with Gasteiger partial charge in [0, 0.05) is 8.95 Å². The summed E-state index contributed by atoms with van der Waals surface area (Å²) in [5.41, 5.74) is 2.65. The lowest BCUT2D eigenvalue weighted by atomic mass is 10.1. The molecule has 2 amide bonds. The van der Waals surface area contributed by atoms with E-state index in [0.29, 0.717) is 23.0 Å². The van der Waals surface area contributed by atoms with Crippen molar-refractivity contribution in [3.05, 3.63) is 97.3 Å². The van der Waals surface area contributed by atoms with E-state index in [-0.39, 0.29) is 17.7 Å². The molecule has 4 rings (SSSR count). The third-order valence-electron chi connectivity index (χ3n) is 4.90. The fraction of sp³-hybridized carbons (Fsp3) is 0.120. The largest absolute Gasteiger partial charge is 0.493 e. The van der Waals surface area contributed by atoms with Gasteiger partial charge in [-0.15, -0.1) is 0 Å². The monoisotopic (exact) mass is 587 g/mol. The Morgan fingerprint density at radius 2 is 1.70 bits per heavy atom. The van der Waals surface area contributed by atoms with Crippen LogP contribution in [0.15, 0.2) is 80.6 Å². The number of nitrogens with zero attached hydrogens (tertiary/aromatic N) is 1. The van der Waals surface area contributed by atoms with E-state index in [4.69, 9.17) is 9.47 Å². The van der Waals surface area contributed by atoms with Crippen LogP contribution in [0.1, 0.15) is 16.7 Å². The molecule has 0 unspecified atom stereocenters. The van der Waals surface area contributed by atoms with Crippen LogP contribution in [-0.2, 0) is 17.9 Å². The fourth-order valence-corrected chi connectivity index (χ4v) is 4.79. The molecule has 0 atom stereocenters. The second kappa shape index (κ2) is 10.6. The van der Waals surface area contributed by atoms with Crippen molar-refractivity contribution in [2.75, 3.05) is 7.11 Å². The van der Waals surface area contributed by atoms with E-state index in [0.717, 1.165) is 37.4 Å². The number of carbonyl (C=O) groups excluding carboxylic acids is 2. The second-order valence-corrected chi connectivity index (χ2v) is 10.0. The summed E-state index contributed by atoms with van der Waals surface area (Å²) in [5.74, 6) is 0.842. The summed E-state index contributed by atoms with van der Waals surface area (Å²) >= 11 is 7.77. The van der Waals surface area contributed by atoms with Gasteiger partial charge in [0.25, 0.3) is 11.1 Å². The minimum Gasteiger partial charge on any atom is -0.493 e. The zero-order chi connectivity index (χ0) is 23.4. The van der Waals surface area contributed by atoms with E-state index in [1.807, 2.05) is 54.6 Å². The van der Waals surface area contributed by atoms with Crippen molar-refractivity contribution in [3.63, 3.8) is 0 Å². The van der Waals surface area contributed by atoms with Gasteiger partial charge in [-0.1, -0.05) is 62.2 Å². The predicted octanol–water partition coefficient (Wildman–Crippen LogP) is 7.04. The van der Waals surface area contributed by atoms with E-state index >= 15 is 0 Å². The van der Waals surface area contributed by atoms with Crippen LogP contribution in [0.25, 0.3) is 6.08 Å². The molecule has 33 heavy (non-hydrogen) atoms. The number of methoxy groups -OCH3 is 1. The molecular formula is C25H19Br2NO4S. The van der Waals surface area contributed by atoms with Crippen molar-refractivity contribution in [3.8, 4) is 11.5 Å². The van der Waals surface area contributed by atoms with E-state index in [9.17, 15) is 9.59 Å². The number of rotatable bonds is 7. The van der Waals surface area contributed by atoms with E-state index in [2.05, 4.69) is 31.9 Å². The SMILES string of the molecule is COc1cc(/C=C2\SC(=O)N(Cc3cccc(Br)c3)C2=O)ccc1OCc1ccc(Br)cc1. The van der Waals surface area contributed by atoms with E-state index < -0.39 is 0 Å². The first-order valence-electron chi connectivity index (χ1n) is 9.98. The van der Waals surface area contributed by atoms with Crippen molar-refractivity contribution in [2.24, 2.45) is 0 Å². The van der Waals surface area contributed by atoms with Gasteiger partial charge in [-0.3, -0.25) is 14.5 Å². The molecule has 0 saturated carbocycles. The molecule has 168 valence electrons. The van der Waals surface area contributed by atoms with Crippen molar-refractivity contribution in [2.45, 2.75) is 13.2 Å². The van der Waals surface area contributed by atoms with Gasteiger partial charge in [0.15, 0.2) is 11.5 Å². The zero-order valence-corrected chi connectivity index (χ0v) is 21.6. The Labute approximate surface area is 213 Å². The maximum atomic E-state index is 12.9. The van der Waals surface area contributed by atoms with Gasteiger partial charge in [-0.05, 0) is 70.9 Å². The summed E-state index contributed by atoms with van der Waals surface area (Å²) in [5, 5.41) is -0.285. The molecule has 3 aromatic rings. The van der Waals surface area contributed by atoms with Crippen LogP contribution in [0.5, 0.6) is 11.5 Å². The fourth-order valence-electron chi connectivity index (χ4n) is 3.24. The number of hydrogen-bond donors (Lipinski definition) is 0. The van der Waals surface area contributed by atoms with Crippen LogP contribution in [0.4, 0.5) is 4.79 Å². The average Bonchev–Trinajstić information content (AvgIpc) is 3.06. The van der Waals surface area contributed by atoms with Crippen LogP contribution in [-0.4, -0.2) is 23.2 Å². The summed E-state index contributed by atoms with van der Waals surface area (Å²) in [6.45, 7) is 0.630. The molecule has 8 heteroatoms. The van der Waals surface area contributed by atoms with Crippen LogP contribution >= 0.6 is 43.6 Å². The molecule has 0 aliphatic carbocycles. The quantitative estimate of drug-likeness (QED) is 0.277. The first-order chi connectivity index (χ1) is 15.9. The highest BCUT2D eigenvalue weighted by Gasteiger charge is 2.35. The van der Waals surface area contributed by atoms with E-state index in [1.54, 1.807) is 25.3 Å². The maximum Gasteiger partial charge on any atom is 0.293 e. The Bertz CT molecular complexity index is 1230. The lowest BCUT2D eigenvalue weighted by Gasteiger charge is -2.13. The Morgan fingerprint density at radius 1 is 0.909 bits per heavy atom. The van der Waals surface area contributed by atoms with Gasteiger partial charge in [0.2, 0.25) is 0 Å². The molecule has 1 aliphatic rings. The normalized spacial score (nSPS) is 14.8. The summed E-state index contributed by atoms with van der Waals surface area (Å²) in [4.78, 5) is 27.0. The Balaban J connectivity index is 1.48. The Morgan fingerprint density at radius 3 is 2.42 bits per heavy atom. The molecular weight excluding hydrogens is 570 g/mol. The number of halogens is 2. The molecule has 1 heterocycles. The summed E-state index contributed by atoms with van der Waals surface area (Å²) in [6, 6.07) is 20.9. The second-order valence-electron chi connectivity index (χ2n) is 7.22. The Kier molecular flexibility index (Phi) is 7.57. The van der Waals surface area contributed by atoms with Crippen molar-refractivity contribution >= 4 is 60.8 Å². The highest BCUT2D eigenvalue weighted by atomic mass is 79.9. The lowest BCUT2D eigenvalue weighted by Crippen LogP contribution is -2.27. The minimum absolute atomic E-state index is 0.230. The number of amides is 2. The van der Waals surface area contributed by atoms with Crippen LogP contribution in [0, 0.1) is 0 Å². The van der Waals surface area contributed by atoms with Gasteiger partial charge < -0.3 is 9.47 Å². The molecule has 1 fully saturated rings. The van der Waals surface area contributed by atoms with Gasteiger partial charge in [-0.2, -0.15) is 0 Å². The highest BCUT2D eigenvalue weighted by Crippen LogP contribution is 2.35. The number of hydrogen-bond acceptors (Lipinski definition) is 5. The number of benzene rings is 3. The number of thioether (sulfide) groups is 1. The molecule has 0 N–H and O–H groups in total. The third-order valence-corrected chi connectivity index (χ3v) is 6.83. The molecule has 0 spiro atoms. The van der Waals surface area contributed by atoms with Crippen LogP contribution < -0.4 is 9.47 Å². The van der Waals surface area contributed by atoms with Gasteiger partial charge >= 0.3 is 0 Å². The molecule has 0 bridgehead atoms. The standard InChI is InChI=1S/C25H19Br2NO4S/c1-31-22-12-17(7-10-21(22)32-15-16-5-8-19(26)9-6-16)13-23-24(29)28(25(30)33-23)14-18-3-2-4-20(27)11-18/h2-13H,14-15H2,1H3/b23-13-. The van der Waals surface area contributed by atoms with Gasteiger partial charge in [-0.25, -0.2) is 0 Å². The molecule has 0 aromatic heterocycles. The van der Waals surface area contributed by atoms with Crippen molar-refractivity contribution < 1.29 is 19.1 Å². The average molecular weight is 589 g/mol. The number of ether oxygens (including phenoxy) is 2. The topological polar surface area (TPSA) is 55.8 Å². The lowest BCUT2D eigenvalue weighted by molar-refractivity contribution is -0.123. The maximum absolute atomic E-state index is 12.9. The first-order valence-corrected chi connectivity index (χ1v) is 12.4. The predicted molar refractivity (Wildman–Crippen MR) is 137 cm³/mol. The smallest absolute Gasteiger partial charge is 0.293 e. The molecule has 1 saturated heterocycles. The van der Waals surface area contributed by atoms with Gasteiger partial charge in [0.1, 0.15) is 6.61 Å². The molecule has 5 nitrogen and oxygen atoms in total. The Hall–Kier alpha value is -2.55. The van der Waals surface area contributed by atoms with Crippen molar-refractivity contribution in [1.29, 1.82) is 0 Å². The van der Waals surface area contributed by atoms with Gasteiger partial charge in [0.05, 0.1) is 18.6 Å². The minimum atomic E-state index is -0.306. The summed E-state index contributed by atoms with van der Waals surface area (Å²) < 4.78 is 13.3. The zero-order valence-electron chi connectivity index (χ0n) is 17.6. The number of carbonyl (C=O) groups is 2.